The molecule has 0 unspecified atom stereocenters. The van der Waals surface area contributed by atoms with E-state index in [1.807, 2.05) is 12.1 Å². The molecule has 0 spiro atoms. The smallest absolute Gasteiger partial charge is 0.307 e. The van der Waals surface area contributed by atoms with Gasteiger partial charge in [0.15, 0.2) is 0 Å². The summed E-state index contributed by atoms with van der Waals surface area (Å²) < 4.78 is 12.2. The van der Waals surface area contributed by atoms with Gasteiger partial charge in [-0.05, 0) is 124 Å². The molecule has 67 heavy (non-hydrogen) atoms. The third-order valence-electron chi connectivity index (χ3n) is 14.5. The summed E-state index contributed by atoms with van der Waals surface area (Å²) in [6.45, 7) is 12.8. The fraction of sp³-hybridized carbons (Fsp3) is 0.509. The first-order chi connectivity index (χ1) is 32.6. The number of aliphatic carboxylic acids is 1. The number of amides is 1. The predicted octanol–water partition coefficient (Wildman–Crippen LogP) is 9.49. The number of carboxylic acid groups (broad SMARTS) is 1. The molecule has 0 radical (unpaired) electrons. The number of piperazine rings is 1. The Hall–Kier alpha value is -3.26. The SMILES string of the molecule is O=C(Cc1ccc(Cl)c(Cl)c1)N1CCN(Cc2ccccc2)[C@@H]2COC[C@H](N3CCCC3)[C@H]21.O=C(O)Cc1ccc(Cl)c(Cl)c1.c1ccc(CN2CCC[C@H]3[C@H]2COC[C@@H]3N2CCCC2)cc1. The summed E-state index contributed by atoms with van der Waals surface area (Å²) in [6, 6.07) is 33.6. The van der Waals surface area contributed by atoms with Gasteiger partial charge in [0, 0.05) is 38.3 Å². The van der Waals surface area contributed by atoms with Gasteiger partial charge in [0.2, 0.25) is 5.91 Å². The lowest BCUT2D eigenvalue weighted by atomic mass is 9.81. The maximum atomic E-state index is 13.6. The molecule has 10 nitrogen and oxygen atoms in total. The lowest BCUT2D eigenvalue weighted by Crippen LogP contribution is -2.71. The summed E-state index contributed by atoms with van der Waals surface area (Å²) >= 11 is 23.6. The van der Waals surface area contributed by atoms with E-state index in [2.05, 4.69) is 85.2 Å². The number of likely N-dealkylation sites (tertiary alicyclic amines) is 3. The van der Waals surface area contributed by atoms with Crippen LogP contribution in [0.25, 0.3) is 0 Å². The second kappa shape index (κ2) is 24.5. The van der Waals surface area contributed by atoms with E-state index in [-0.39, 0.29) is 30.5 Å². The molecule has 0 aromatic heterocycles. The van der Waals surface area contributed by atoms with Gasteiger partial charge in [-0.2, -0.15) is 0 Å². The highest BCUT2D eigenvalue weighted by atomic mass is 35.5. The summed E-state index contributed by atoms with van der Waals surface area (Å²) in [5.41, 5.74) is 4.29. The normalized spacial score (nSPS) is 25.8. The molecular weight excluding hydrogens is 928 g/mol. The molecule has 6 atom stereocenters. The van der Waals surface area contributed by atoms with Crippen LogP contribution in [0.2, 0.25) is 20.1 Å². The maximum absolute atomic E-state index is 13.6. The largest absolute Gasteiger partial charge is 0.481 e. The minimum Gasteiger partial charge on any atom is -0.481 e. The van der Waals surface area contributed by atoms with Crippen LogP contribution in [0, 0.1) is 5.92 Å². The highest BCUT2D eigenvalue weighted by molar-refractivity contribution is 6.42. The average Bonchev–Trinajstić information content (AvgIpc) is 4.09. The Bertz CT molecular complexity index is 2210. The van der Waals surface area contributed by atoms with Crippen molar-refractivity contribution in [2.45, 2.75) is 94.7 Å². The van der Waals surface area contributed by atoms with E-state index in [4.69, 9.17) is 61.0 Å². The number of ether oxygens (including phenoxy) is 2. The van der Waals surface area contributed by atoms with Crippen molar-refractivity contribution >= 4 is 58.3 Å². The van der Waals surface area contributed by atoms with E-state index in [1.54, 1.807) is 24.3 Å². The molecule has 6 fully saturated rings. The van der Waals surface area contributed by atoms with Crippen LogP contribution in [0.4, 0.5) is 0 Å². The van der Waals surface area contributed by atoms with E-state index >= 15 is 0 Å². The summed E-state index contributed by atoms with van der Waals surface area (Å²) in [5, 5.41) is 10.3. The molecule has 0 aliphatic carbocycles. The summed E-state index contributed by atoms with van der Waals surface area (Å²) in [7, 11) is 0. The number of rotatable bonds is 10. The van der Waals surface area contributed by atoms with Gasteiger partial charge < -0.3 is 19.5 Å². The van der Waals surface area contributed by atoms with Gasteiger partial charge in [-0.25, -0.2) is 0 Å². The predicted molar refractivity (Wildman–Crippen MR) is 268 cm³/mol. The highest BCUT2D eigenvalue weighted by Gasteiger charge is 2.48. The van der Waals surface area contributed by atoms with Crippen LogP contribution >= 0.6 is 46.4 Å². The second-order valence-electron chi connectivity index (χ2n) is 18.9. The number of carbonyl (C=O) groups excluding carboxylic acids is 1. The van der Waals surface area contributed by atoms with Gasteiger partial charge in [-0.15, -0.1) is 0 Å². The Balaban J connectivity index is 0.000000153. The molecule has 360 valence electrons. The lowest BCUT2D eigenvalue weighted by molar-refractivity contribution is -0.153. The zero-order valence-electron chi connectivity index (χ0n) is 38.4. The van der Waals surface area contributed by atoms with Crippen molar-refractivity contribution in [2.24, 2.45) is 5.92 Å². The number of piperidine rings is 1. The van der Waals surface area contributed by atoms with Crippen LogP contribution in [0.15, 0.2) is 97.1 Å². The second-order valence-corrected chi connectivity index (χ2v) is 20.5. The third kappa shape index (κ3) is 13.3. The maximum Gasteiger partial charge on any atom is 0.307 e. The third-order valence-corrected chi connectivity index (χ3v) is 16.0. The highest BCUT2D eigenvalue weighted by Crippen LogP contribution is 2.35. The van der Waals surface area contributed by atoms with E-state index < -0.39 is 5.97 Å². The number of nitrogens with zero attached hydrogens (tertiary/aromatic N) is 5. The van der Waals surface area contributed by atoms with Crippen molar-refractivity contribution in [3.63, 3.8) is 0 Å². The molecule has 1 amide bonds. The fourth-order valence-electron chi connectivity index (χ4n) is 11.2. The first-order valence-electron chi connectivity index (χ1n) is 24.2. The van der Waals surface area contributed by atoms with Crippen molar-refractivity contribution in [2.75, 3.05) is 72.2 Å². The number of hydrogen-bond donors (Lipinski definition) is 1. The molecule has 4 aromatic carbocycles. The van der Waals surface area contributed by atoms with Crippen LogP contribution in [0.5, 0.6) is 0 Å². The first-order valence-corrected chi connectivity index (χ1v) is 25.7. The van der Waals surface area contributed by atoms with Crippen molar-refractivity contribution in [3.05, 3.63) is 139 Å². The Kier molecular flexibility index (Phi) is 18.4. The molecule has 6 saturated heterocycles. The Labute approximate surface area is 417 Å². The van der Waals surface area contributed by atoms with Crippen LogP contribution in [-0.2, 0) is 45.0 Å². The zero-order valence-corrected chi connectivity index (χ0v) is 41.4. The quantitative estimate of drug-likeness (QED) is 0.167. The minimum absolute atomic E-state index is 0.0309. The Morgan fingerprint density at radius 2 is 1.00 bits per heavy atom. The Morgan fingerprint density at radius 3 is 1.55 bits per heavy atom. The molecule has 6 aliphatic rings. The molecule has 14 heteroatoms. The van der Waals surface area contributed by atoms with Gasteiger partial charge in [0.25, 0.3) is 0 Å². The standard InChI is InChI=1S/C26H31Cl2N3O2.C19H28N2O.C8H6Cl2O2/c27-21-9-8-20(14-22(21)28)15-25(32)31-13-12-30(16-19-6-2-1-3-7-19)24-18-33-17-23(26(24)31)29-10-4-5-11-29;1-2-7-16(8-3-1)13-21-12-6-9-17-18(14-22-15-19(17)21)20-10-4-5-11-20;9-6-2-1-5(3-7(6)10)4-8(11)12/h1-3,6-9,14,23-24,26H,4-5,10-13,15-18H2;1-3,7-8,17-19H,4-6,9-15H2;1-3H,4H2,(H,11,12)/t23-,24+,26+;17-,18+,19-;/m01./s1. The van der Waals surface area contributed by atoms with Crippen molar-refractivity contribution in [3.8, 4) is 0 Å². The first kappa shape index (κ1) is 50.1. The number of halogens is 4. The molecule has 1 N–H and O–H groups in total. The van der Waals surface area contributed by atoms with E-state index in [1.165, 1.54) is 69.3 Å². The van der Waals surface area contributed by atoms with Crippen LogP contribution in [0.1, 0.15) is 60.8 Å². The molecule has 10 rings (SSSR count). The van der Waals surface area contributed by atoms with Crippen molar-refractivity contribution in [1.82, 2.24) is 24.5 Å². The molecule has 0 saturated carbocycles. The van der Waals surface area contributed by atoms with Crippen molar-refractivity contribution in [1.29, 1.82) is 0 Å². The number of fused-ring (bicyclic) bond motifs is 2. The van der Waals surface area contributed by atoms with Crippen LogP contribution < -0.4 is 0 Å². The van der Waals surface area contributed by atoms with Crippen LogP contribution in [0.3, 0.4) is 0 Å². The van der Waals surface area contributed by atoms with Gasteiger partial charge in [0.1, 0.15) is 0 Å². The minimum atomic E-state index is -0.881. The summed E-state index contributed by atoms with van der Waals surface area (Å²) in [5.74, 6) is 0.0894. The van der Waals surface area contributed by atoms with Gasteiger partial charge >= 0.3 is 5.97 Å². The summed E-state index contributed by atoms with van der Waals surface area (Å²) in [4.78, 5) is 36.5. The molecule has 4 aromatic rings. The molecule has 6 aliphatic heterocycles. The van der Waals surface area contributed by atoms with E-state index in [9.17, 15) is 9.59 Å². The summed E-state index contributed by atoms with van der Waals surface area (Å²) in [6.07, 6.45) is 8.24. The Morgan fingerprint density at radius 1 is 0.507 bits per heavy atom. The monoisotopic (exact) mass is 991 g/mol. The van der Waals surface area contributed by atoms with Crippen LogP contribution in [-0.4, -0.2) is 144 Å². The van der Waals surface area contributed by atoms with E-state index in [0.717, 1.165) is 64.0 Å². The average molecular weight is 994 g/mol. The molecule has 0 bridgehead atoms. The molecular formula is C53H65Cl4N5O5. The molecule has 6 heterocycles. The topological polar surface area (TPSA) is 89.0 Å². The van der Waals surface area contributed by atoms with Crippen molar-refractivity contribution < 1.29 is 24.2 Å². The van der Waals surface area contributed by atoms with E-state index in [0.29, 0.717) is 57.4 Å². The zero-order chi connectivity index (χ0) is 46.7. The number of carbonyl (C=O) groups is 2. The van der Waals surface area contributed by atoms with Gasteiger partial charge in [0.05, 0.1) is 77.5 Å². The van der Waals surface area contributed by atoms with Gasteiger partial charge in [-0.1, -0.05) is 119 Å². The lowest BCUT2D eigenvalue weighted by Gasteiger charge is -2.54. The van der Waals surface area contributed by atoms with Gasteiger partial charge in [-0.3, -0.25) is 29.2 Å². The fourth-order valence-corrected chi connectivity index (χ4v) is 11.9. The number of hydrogen-bond acceptors (Lipinski definition) is 8. The number of carboxylic acids is 1. The number of benzene rings is 4.